The number of aliphatic imine (C=N–C) groups is 1. The van der Waals surface area contributed by atoms with Crippen LogP contribution in [0.5, 0.6) is 0 Å². The number of rotatable bonds is 6. The largest absolute Gasteiger partial charge is 0.382 e. The number of nitrogens with zero attached hydrogens (tertiary/aromatic N) is 2. The zero-order chi connectivity index (χ0) is 24.9. The first kappa shape index (κ1) is 25.1. The highest BCUT2D eigenvalue weighted by atomic mass is 19.1. The minimum atomic E-state index is -0.221. The maximum absolute atomic E-state index is 13.5. The lowest BCUT2D eigenvalue weighted by atomic mass is 9.86. The van der Waals surface area contributed by atoms with Crippen LogP contribution in [0.1, 0.15) is 80.9 Å². The molecule has 2 N–H and O–H groups in total. The van der Waals surface area contributed by atoms with E-state index in [1.54, 1.807) is 6.08 Å². The number of aromatic nitrogens is 1. The molecule has 186 valence electrons. The number of halogens is 1. The Labute approximate surface area is 208 Å². The summed E-state index contributed by atoms with van der Waals surface area (Å²) < 4.78 is 13.5. The van der Waals surface area contributed by atoms with E-state index in [9.17, 15) is 9.18 Å². The van der Waals surface area contributed by atoms with E-state index >= 15 is 0 Å². The number of nitrogens with one attached hydrogen (secondary N) is 2. The zero-order valence-corrected chi connectivity index (χ0v) is 21.3. The molecule has 0 saturated heterocycles. The van der Waals surface area contributed by atoms with E-state index in [2.05, 4.69) is 35.5 Å². The minimum absolute atomic E-state index is 0.00635. The molecular weight excluding hydrogens is 439 g/mol. The zero-order valence-electron chi connectivity index (χ0n) is 21.3. The Kier molecular flexibility index (Phi) is 7.99. The normalized spacial score (nSPS) is 24.1. The molecule has 1 fully saturated rings. The van der Waals surface area contributed by atoms with Crippen LogP contribution in [0.3, 0.4) is 0 Å². The molecule has 0 radical (unpaired) electrons. The van der Waals surface area contributed by atoms with Crippen molar-refractivity contribution in [3.8, 4) is 0 Å². The SMILES string of the molecule is CC(=NC(C)C1NC=CC=C1c1cnc(C)c(C(=O)NC2=CC=C(F)CC2C)c1)C1CCCCC1. The molecule has 35 heavy (non-hydrogen) atoms. The highest BCUT2D eigenvalue weighted by Gasteiger charge is 2.26. The van der Waals surface area contributed by atoms with Gasteiger partial charge in [-0.25, -0.2) is 4.39 Å². The Balaban J connectivity index is 1.55. The standard InChI is InChI=1S/C29H37FN4O/c1-18-15-24(30)12-13-27(18)34-29(35)26-16-23(17-32-20(26)3)25-11-8-14-31-28(25)21(4)33-19(2)22-9-6-5-7-10-22/h8,11-14,16-18,21-22,28,31H,5-7,9-10,15H2,1-4H3,(H,34,35). The van der Waals surface area contributed by atoms with Gasteiger partial charge in [-0.1, -0.05) is 32.3 Å². The van der Waals surface area contributed by atoms with E-state index in [-0.39, 0.29) is 29.7 Å². The Bertz CT molecular complexity index is 1110. The second kappa shape index (κ2) is 11.1. The fourth-order valence-electron chi connectivity index (χ4n) is 5.30. The van der Waals surface area contributed by atoms with Gasteiger partial charge in [0.05, 0.1) is 23.3 Å². The molecule has 1 saturated carbocycles. The molecule has 0 bridgehead atoms. The van der Waals surface area contributed by atoms with E-state index in [1.807, 2.05) is 38.4 Å². The van der Waals surface area contributed by atoms with E-state index < -0.39 is 0 Å². The molecule has 1 aromatic heterocycles. The van der Waals surface area contributed by atoms with E-state index in [1.165, 1.54) is 43.9 Å². The molecule has 3 unspecified atom stereocenters. The third kappa shape index (κ3) is 5.98. The molecule has 6 heteroatoms. The summed E-state index contributed by atoms with van der Waals surface area (Å²) in [7, 11) is 0. The van der Waals surface area contributed by atoms with E-state index in [0.717, 1.165) is 16.8 Å². The summed E-state index contributed by atoms with van der Waals surface area (Å²) in [6.07, 6.45) is 17.6. The highest BCUT2D eigenvalue weighted by Crippen LogP contribution is 2.29. The van der Waals surface area contributed by atoms with Crippen LogP contribution in [0.2, 0.25) is 0 Å². The molecular formula is C29H37FN4O. The predicted molar refractivity (Wildman–Crippen MR) is 141 cm³/mol. The summed E-state index contributed by atoms with van der Waals surface area (Å²) in [5, 5.41) is 6.45. The summed E-state index contributed by atoms with van der Waals surface area (Å²) >= 11 is 0. The maximum Gasteiger partial charge on any atom is 0.257 e. The highest BCUT2D eigenvalue weighted by molar-refractivity contribution is 5.97. The Morgan fingerprint density at radius 1 is 1.23 bits per heavy atom. The number of carbonyl (C=O) groups excluding carboxylic acids is 1. The van der Waals surface area contributed by atoms with Crippen LogP contribution in [0, 0.1) is 18.8 Å². The van der Waals surface area contributed by atoms with Gasteiger partial charge in [0.15, 0.2) is 0 Å². The average Bonchev–Trinajstić information content (AvgIpc) is 2.86. The van der Waals surface area contributed by atoms with Gasteiger partial charge in [0.1, 0.15) is 5.83 Å². The van der Waals surface area contributed by atoms with Crippen molar-refractivity contribution in [2.45, 2.75) is 78.3 Å². The minimum Gasteiger partial charge on any atom is -0.382 e. The van der Waals surface area contributed by atoms with Gasteiger partial charge in [0, 0.05) is 29.9 Å². The molecule has 0 aromatic carbocycles. The lowest BCUT2D eigenvalue weighted by Gasteiger charge is -2.29. The fraction of sp³-hybridized carbons (Fsp3) is 0.483. The molecule has 1 aromatic rings. The first-order valence-electron chi connectivity index (χ1n) is 12.8. The monoisotopic (exact) mass is 476 g/mol. The predicted octanol–water partition coefficient (Wildman–Crippen LogP) is 6.20. The molecule has 2 aliphatic carbocycles. The number of pyridine rings is 1. The Morgan fingerprint density at radius 3 is 2.74 bits per heavy atom. The summed E-state index contributed by atoms with van der Waals surface area (Å²) in [4.78, 5) is 22.8. The van der Waals surface area contributed by atoms with Crippen LogP contribution in [0.15, 0.2) is 59.3 Å². The Morgan fingerprint density at radius 2 is 2.00 bits per heavy atom. The van der Waals surface area contributed by atoms with Crippen LogP contribution < -0.4 is 10.6 Å². The fourth-order valence-corrected chi connectivity index (χ4v) is 5.30. The summed E-state index contributed by atoms with van der Waals surface area (Å²) in [6.45, 7) is 8.07. The van der Waals surface area contributed by atoms with Crippen molar-refractivity contribution in [3.63, 3.8) is 0 Å². The number of aryl methyl sites for hydroxylation is 1. The number of carbonyl (C=O) groups is 1. The van der Waals surface area contributed by atoms with Crippen LogP contribution in [0.4, 0.5) is 4.39 Å². The lowest BCUT2D eigenvalue weighted by molar-refractivity contribution is 0.0960. The number of allylic oxidation sites excluding steroid dienone is 6. The average molecular weight is 477 g/mol. The van der Waals surface area contributed by atoms with Gasteiger partial charge in [-0.2, -0.15) is 0 Å². The number of hydrogen-bond donors (Lipinski definition) is 2. The molecule has 0 spiro atoms. The van der Waals surface area contributed by atoms with Crippen molar-refractivity contribution < 1.29 is 9.18 Å². The second-order valence-electron chi connectivity index (χ2n) is 10.1. The number of dihydropyridines is 1. The molecule has 2 heterocycles. The van der Waals surface area contributed by atoms with Crippen molar-refractivity contribution in [1.82, 2.24) is 15.6 Å². The van der Waals surface area contributed by atoms with Crippen molar-refractivity contribution in [1.29, 1.82) is 0 Å². The van der Waals surface area contributed by atoms with Crippen LogP contribution in [-0.2, 0) is 0 Å². The molecule has 5 nitrogen and oxygen atoms in total. The van der Waals surface area contributed by atoms with Crippen molar-refractivity contribution >= 4 is 17.2 Å². The molecule has 4 rings (SSSR count). The maximum atomic E-state index is 13.5. The van der Waals surface area contributed by atoms with E-state index in [0.29, 0.717) is 23.6 Å². The van der Waals surface area contributed by atoms with Gasteiger partial charge in [-0.3, -0.25) is 14.8 Å². The first-order valence-corrected chi connectivity index (χ1v) is 12.8. The van der Waals surface area contributed by atoms with Crippen LogP contribution in [0.25, 0.3) is 5.57 Å². The summed E-state index contributed by atoms with van der Waals surface area (Å²) in [5.41, 5.74) is 5.12. The summed E-state index contributed by atoms with van der Waals surface area (Å²) in [6, 6.07) is 1.95. The lowest BCUT2D eigenvalue weighted by Crippen LogP contribution is -2.37. The number of amides is 1. The third-order valence-electron chi connectivity index (χ3n) is 7.47. The topological polar surface area (TPSA) is 66.4 Å². The van der Waals surface area contributed by atoms with Gasteiger partial charge < -0.3 is 10.6 Å². The van der Waals surface area contributed by atoms with Gasteiger partial charge in [0.25, 0.3) is 5.91 Å². The number of hydrogen-bond acceptors (Lipinski definition) is 4. The molecule has 3 atom stereocenters. The third-order valence-corrected chi connectivity index (χ3v) is 7.47. The van der Waals surface area contributed by atoms with Crippen molar-refractivity contribution in [2.24, 2.45) is 16.8 Å². The second-order valence-corrected chi connectivity index (χ2v) is 10.1. The Hall–Kier alpha value is -3.02. The smallest absolute Gasteiger partial charge is 0.257 e. The van der Waals surface area contributed by atoms with E-state index in [4.69, 9.17) is 4.99 Å². The van der Waals surface area contributed by atoms with Crippen LogP contribution >= 0.6 is 0 Å². The van der Waals surface area contributed by atoms with Gasteiger partial charge in [0.2, 0.25) is 0 Å². The van der Waals surface area contributed by atoms with Crippen LogP contribution in [-0.4, -0.2) is 28.7 Å². The quantitative estimate of drug-likeness (QED) is 0.481. The molecule has 1 amide bonds. The van der Waals surface area contributed by atoms with Crippen molar-refractivity contribution in [3.05, 3.63) is 71.1 Å². The molecule has 1 aliphatic heterocycles. The molecule has 3 aliphatic rings. The van der Waals surface area contributed by atoms with Gasteiger partial charge in [-0.15, -0.1) is 0 Å². The van der Waals surface area contributed by atoms with Gasteiger partial charge in [-0.05, 0) is 81.2 Å². The van der Waals surface area contributed by atoms with Crippen molar-refractivity contribution in [2.75, 3.05) is 0 Å². The first-order chi connectivity index (χ1) is 16.8. The van der Waals surface area contributed by atoms with Gasteiger partial charge >= 0.3 is 0 Å². The summed E-state index contributed by atoms with van der Waals surface area (Å²) in [5.74, 6) is 0.128.